The Balaban J connectivity index is 0.00000264. The fourth-order valence-electron chi connectivity index (χ4n) is 2.28. The number of carbonyl (C=O) groups is 1. The number of benzene rings is 2. The zero-order valence-electron chi connectivity index (χ0n) is 13.4. The number of hydrogen-bond donors (Lipinski definition) is 2. The first-order chi connectivity index (χ1) is 10.7. The molecule has 0 atom stereocenters. The first-order valence-electron chi connectivity index (χ1n) is 7.50. The van der Waals surface area contributed by atoms with Crippen molar-refractivity contribution in [1.82, 2.24) is 4.90 Å². The Labute approximate surface area is 144 Å². The quantitative estimate of drug-likeness (QED) is 0.819. The lowest BCUT2D eigenvalue weighted by Gasteiger charge is -2.21. The van der Waals surface area contributed by atoms with Crippen molar-refractivity contribution < 1.29 is 4.79 Å². The Bertz CT molecular complexity index is 587. The molecule has 2 aromatic rings. The van der Waals surface area contributed by atoms with E-state index in [0.717, 1.165) is 12.2 Å². The average Bonchev–Trinajstić information content (AvgIpc) is 2.51. The average molecular weight is 334 g/mol. The predicted molar refractivity (Wildman–Crippen MR) is 97.8 cm³/mol. The topological polar surface area (TPSA) is 58.4 Å². The van der Waals surface area contributed by atoms with Crippen LogP contribution in [0.25, 0.3) is 0 Å². The zero-order chi connectivity index (χ0) is 15.8. The second-order valence-electron chi connectivity index (χ2n) is 5.40. The molecule has 23 heavy (non-hydrogen) atoms. The van der Waals surface area contributed by atoms with Crippen LogP contribution in [0.5, 0.6) is 0 Å². The van der Waals surface area contributed by atoms with Gasteiger partial charge in [-0.1, -0.05) is 48.0 Å². The third-order valence-electron chi connectivity index (χ3n) is 3.40. The summed E-state index contributed by atoms with van der Waals surface area (Å²) in [5, 5.41) is 2.92. The molecule has 0 spiro atoms. The van der Waals surface area contributed by atoms with Crippen molar-refractivity contribution in [2.24, 2.45) is 5.73 Å². The van der Waals surface area contributed by atoms with E-state index in [-0.39, 0.29) is 18.3 Å². The number of hydrogen-bond acceptors (Lipinski definition) is 3. The maximum Gasteiger partial charge on any atom is 0.238 e. The normalized spacial score (nSPS) is 10.2. The third kappa shape index (κ3) is 6.82. The summed E-state index contributed by atoms with van der Waals surface area (Å²) in [4.78, 5) is 14.2. The molecule has 0 bridgehead atoms. The number of anilines is 1. The summed E-state index contributed by atoms with van der Waals surface area (Å²) in [6.07, 6.45) is 0. The number of nitrogens with two attached hydrogens (primary N) is 1. The highest BCUT2D eigenvalue weighted by Gasteiger charge is 2.11. The van der Waals surface area contributed by atoms with E-state index >= 15 is 0 Å². The van der Waals surface area contributed by atoms with E-state index in [2.05, 4.69) is 22.3 Å². The van der Waals surface area contributed by atoms with Crippen LogP contribution in [-0.2, 0) is 11.3 Å². The van der Waals surface area contributed by atoms with Crippen LogP contribution in [0, 0.1) is 6.92 Å². The molecular formula is C18H24ClN3O. The van der Waals surface area contributed by atoms with Gasteiger partial charge in [-0.05, 0) is 24.6 Å². The summed E-state index contributed by atoms with van der Waals surface area (Å²) < 4.78 is 0. The lowest BCUT2D eigenvalue weighted by atomic mass is 10.2. The minimum atomic E-state index is -0.0202. The lowest BCUT2D eigenvalue weighted by molar-refractivity contribution is -0.117. The van der Waals surface area contributed by atoms with Gasteiger partial charge in [-0.15, -0.1) is 12.4 Å². The van der Waals surface area contributed by atoms with Crippen LogP contribution >= 0.6 is 12.4 Å². The van der Waals surface area contributed by atoms with E-state index in [0.29, 0.717) is 19.6 Å². The van der Waals surface area contributed by atoms with Crippen LogP contribution in [0.3, 0.4) is 0 Å². The van der Waals surface area contributed by atoms with Crippen molar-refractivity contribution in [2.75, 3.05) is 25.0 Å². The molecule has 0 saturated carbocycles. The Morgan fingerprint density at radius 1 is 1.09 bits per heavy atom. The van der Waals surface area contributed by atoms with Crippen molar-refractivity contribution in [1.29, 1.82) is 0 Å². The van der Waals surface area contributed by atoms with Crippen LogP contribution in [0.1, 0.15) is 11.1 Å². The lowest BCUT2D eigenvalue weighted by Crippen LogP contribution is -2.36. The highest BCUT2D eigenvalue weighted by atomic mass is 35.5. The van der Waals surface area contributed by atoms with Gasteiger partial charge in [0.1, 0.15) is 0 Å². The van der Waals surface area contributed by atoms with Crippen molar-refractivity contribution >= 4 is 24.0 Å². The molecule has 0 aliphatic carbocycles. The summed E-state index contributed by atoms with van der Waals surface area (Å²) in [6.45, 7) is 4.30. The smallest absolute Gasteiger partial charge is 0.238 e. The molecule has 3 N–H and O–H groups in total. The second kappa shape index (κ2) is 10.0. The minimum absolute atomic E-state index is 0. The van der Waals surface area contributed by atoms with E-state index in [1.165, 1.54) is 11.1 Å². The molecule has 2 aromatic carbocycles. The van der Waals surface area contributed by atoms with Gasteiger partial charge in [-0.2, -0.15) is 0 Å². The number of amides is 1. The van der Waals surface area contributed by atoms with Gasteiger partial charge in [0, 0.05) is 25.3 Å². The molecular weight excluding hydrogens is 310 g/mol. The predicted octanol–water partition coefficient (Wildman–Crippen LogP) is 2.82. The minimum Gasteiger partial charge on any atom is -0.329 e. The number of nitrogens with one attached hydrogen (secondary N) is 1. The van der Waals surface area contributed by atoms with Crippen LogP contribution in [0.15, 0.2) is 54.6 Å². The number of nitrogens with zero attached hydrogens (tertiary/aromatic N) is 1. The van der Waals surface area contributed by atoms with E-state index in [4.69, 9.17) is 5.73 Å². The molecule has 5 heteroatoms. The summed E-state index contributed by atoms with van der Waals surface area (Å²) in [5.74, 6) is -0.0202. The molecule has 0 aliphatic heterocycles. The van der Waals surface area contributed by atoms with Gasteiger partial charge < -0.3 is 11.1 Å². The van der Waals surface area contributed by atoms with Gasteiger partial charge in [0.2, 0.25) is 5.91 Å². The molecule has 0 radical (unpaired) electrons. The Morgan fingerprint density at radius 2 is 1.74 bits per heavy atom. The fraction of sp³-hybridized carbons (Fsp3) is 0.278. The summed E-state index contributed by atoms with van der Waals surface area (Å²) in [5.41, 5.74) is 8.83. The highest BCUT2D eigenvalue weighted by molar-refractivity contribution is 5.92. The number of carbonyl (C=O) groups excluding carboxylic acids is 1. The first-order valence-corrected chi connectivity index (χ1v) is 7.50. The summed E-state index contributed by atoms with van der Waals surface area (Å²) in [6, 6.07) is 17.9. The van der Waals surface area contributed by atoms with E-state index in [1.807, 2.05) is 49.4 Å². The molecule has 0 heterocycles. The standard InChI is InChI=1S/C18H23N3O.ClH/c1-15-7-9-17(10-8-15)20-18(22)14-21(12-11-19)13-16-5-3-2-4-6-16;/h2-10H,11-14,19H2,1H3,(H,20,22);1H. The molecule has 1 amide bonds. The molecule has 0 saturated heterocycles. The van der Waals surface area contributed by atoms with E-state index < -0.39 is 0 Å². The van der Waals surface area contributed by atoms with Crippen LogP contribution < -0.4 is 11.1 Å². The molecule has 124 valence electrons. The van der Waals surface area contributed by atoms with Crippen molar-refractivity contribution in [3.05, 3.63) is 65.7 Å². The highest BCUT2D eigenvalue weighted by Crippen LogP contribution is 2.09. The van der Waals surface area contributed by atoms with Gasteiger partial charge in [-0.3, -0.25) is 9.69 Å². The number of rotatable bonds is 7. The van der Waals surface area contributed by atoms with Crippen LogP contribution in [0.2, 0.25) is 0 Å². The molecule has 4 nitrogen and oxygen atoms in total. The second-order valence-corrected chi connectivity index (χ2v) is 5.40. The summed E-state index contributed by atoms with van der Waals surface area (Å²) >= 11 is 0. The maximum absolute atomic E-state index is 12.2. The Hall–Kier alpha value is -1.88. The van der Waals surface area contributed by atoms with E-state index in [1.54, 1.807) is 0 Å². The van der Waals surface area contributed by atoms with Gasteiger partial charge in [0.15, 0.2) is 0 Å². The first kappa shape index (κ1) is 19.2. The van der Waals surface area contributed by atoms with E-state index in [9.17, 15) is 4.79 Å². The van der Waals surface area contributed by atoms with Gasteiger partial charge >= 0.3 is 0 Å². The van der Waals surface area contributed by atoms with Crippen LogP contribution in [-0.4, -0.2) is 30.4 Å². The molecule has 0 unspecified atom stereocenters. The Morgan fingerprint density at radius 3 is 2.35 bits per heavy atom. The van der Waals surface area contributed by atoms with Gasteiger partial charge in [0.25, 0.3) is 0 Å². The zero-order valence-corrected chi connectivity index (χ0v) is 14.2. The molecule has 0 fully saturated rings. The van der Waals surface area contributed by atoms with Gasteiger partial charge in [-0.25, -0.2) is 0 Å². The van der Waals surface area contributed by atoms with Crippen molar-refractivity contribution in [2.45, 2.75) is 13.5 Å². The molecule has 0 aromatic heterocycles. The maximum atomic E-state index is 12.2. The van der Waals surface area contributed by atoms with Crippen molar-refractivity contribution in [3.8, 4) is 0 Å². The summed E-state index contributed by atoms with van der Waals surface area (Å²) in [7, 11) is 0. The Kier molecular flexibility index (Phi) is 8.33. The monoisotopic (exact) mass is 333 g/mol. The van der Waals surface area contributed by atoms with Crippen molar-refractivity contribution in [3.63, 3.8) is 0 Å². The van der Waals surface area contributed by atoms with Gasteiger partial charge in [0.05, 0.1) is 6.54 Å². The number of aryl methyl sites for hydroxylation is 1. The molecule has 0 aliphatic rings. The number of halogens is 1. The largest absolute Gasteiger partial charge is 0.329 e. The fourth-order valence-corrected chi connectivity index (χ4v) is 2.28. The SMILES string of the molecule is Cc1ccc(NC(=O)CN(CCN)Cc2ccccc2)cc1.Cl. The third-order valence-corrected chi connectivity index (χ3v) is 3.40. The van der Waals surface area contributed by atoms with Crippen LogP contribution in [0.4, 0.5) is 5.69 Å². The molecule has 2 rings (SSSR count).